The fourth-order valence-electron chi connectivity index (χ4n) is 2.83. The maximum absolute atomic E-state index is 12.4. The highest BCUT2D eigenvalue weighted by Gasteiger charge is 2.50. The number of hydrogen-bond donors (Lipinski definition) is 1. The summed E-state index contributed by atoms with van der Waals surface area (Å²) in [6.07, 6.45) is 0.165. The second-order valence-electron chi connectivity index (χ2n) is 5.52. The van der Waals surface area contributed by atoms with Crippen molar-refractivity contribution in [3.05, 3.63) is 35.4 Å². The summed E-state index contributed by atoms with van der Waals surface area (Å²) < 4.78 is 0. The maximum atomic E-state index is 12.4. The first-order valence-corrected chi connectivity index (χ1v) is 6.20. The van der Waals surface area contributed by atoms with E-state index in [-0.39, 0.29) is 24.1 Å². The van der Waals surface area contributed by atoms with Gasteiger partial charge in [0.15, 0.2) is 0 Å². The van der Waals surface area contributed by atoms with Crippen molar-refractivity contribution >= 4 is 17.7 Å². The molecule has 1 aromatic rings. The minimum Gasteiger partial charge on any atom is -0.349 e. The Bertz CT molecular complexity index is 571. The third-order valence-electron chi connectivity index (χ3n) is 3.81. The Hall–Kier alpha value is -2.17. The van der Waals surface area contributed by atoms with Gasteiger partial charge in [0.25, 0.3) is 11.8 Å². The fraction of sp³-hybridized carbons (Fsp3) is 0.357. The Morgan fingerprint density at radius 1 is 1.11 bits per heavy atom. The summed E-state index contributed by atoms with van der Waals surface area (Å²) in [5.74, 6) is -0.753. The average Bonchev–Trinajstić information content (AvgIpc) is 2.75. The minimum atomic E-state index is -0.593. The number of carbonyl (C=O) groups is 3. The van der Waals surface area contributed by atoms with Crippen molar-refractivity contribution < 1.29 is 14.4 Å². The molecule has 0 aliphatic carbocycles. The van der Waals surface area contributed by atoms with Gasteiger partial charge in [-0.3, -0.25) is 19.3 Å². The number of nitrogens with zero attached hydrogens (tertiary/aromatic N) is 1. The van der Waals surface area contributed by atoms with E-state index in [1.165, 1.54) is 4.90 Å². The lowest BCUT2D eigenvalue weighted by atomic mass is 9.95. The highest BCUT2D eigenvalue weighted by Crippen LogP contribution is 2.32. The third kappa shape index (κ3) is 1.58. The second-order valence-corrected chi connectivity index (χ2v) is 5.52. The second kappa shape index (κ2) is 3.66. The van der Waals surface area contributed by atoms with Gasteiger partial charge in [-0.1, -0.05) is 12.1 Å². The Kier molecular flexibility index (Phi) is 2.29. The van der Waals surface area contributed by atoms with Gasteiger partial charge in [0, 0.05) is 6.42 Å². The largest absolute Gasteiger partial charge is 0.349 e. The summed E-state index contributed by atoms with van der Waals surface area (Å²) in [6.45, 7) is 3.65. The molecule has 0 radical (unpaired) electrons. The molecule has 0 spiro atoms. The SMILES string of the molecule is CC1(C)NC(=O)CC1N1C(=O)c2ccccc2C1=O. The quantitative estimate of drug-likeness (QED) is 0.763. The Balaban J connectivity index is 2.03. The Labute approximate surface area is 110 Å². The van der Waals surface area contributed by atoms with Crippen LogP contribution >= 0.6 is 0 Å². The molecule has 19 heavy (non-hydrogen) atoms. The predicted octanol–water partition coefficient (Wildman–Crippen LogP) is 0.950. The van der Waals surface area contributed by atoms with Gasteiger partial charge >= 0.3 is 0 Å². The lowest BCUT2D eigenvalue weighted by molar-refractivity contribution is -0.119. The summed E-state index contributed by atoms with van der Waals surface area (Å²) in [4.78, 5) is 37.5. The van der Waals surface area contributed by atoms with Crippen LogP contribution in [0, 0.1) is 0 Å². The first-order chi connectivity index (χ1) is 8.92. The van der Waals surface area contributed by atoms with Crippen LogP contribution in [0.4, 0.5) is 0 Å². The van der Waals surface area contributed by atoms with E-state index in [4.69, 9.17) is 0 Å². The monoisotopic (exact) mass is 258 g/mol. The van der Waals surface area contributed by atoms with Crippen molar-refractivity contribution in [3.63, 3.8) is 0 Å². The highest BCUT2D eigenvalue weighted by atomic mass is 16.2. The smallest absolute Gasteiger partial charge is 0.261 e. The van der Waals surface area contributed by atoms with E-state index < -0.39 is 11.6 Å². The molecule has 1 unspecified atom stereocenters. The van der Waals surface area contributed by atoms with Crippen molar-refractivity contribution in [1.82, 2.24) is 10.2 Å². The molecule has 5 heteroatoms. The van der Waals surface area contributed by atoms with Crippen LogP contribution < -0.4 is 5.32 Å². The topological polar surface area (TPSA) is 66.5 Å². The van der Waals surface area contributed by atoms with Crippen LogP contribution in [-0.4, -0.2) is 34.2 Å². The molecule has 5 nitrogen and oxygen atoms in total. The summed E-state index contributed by atoms with van der Waals surface area (Å²) >= 11 is 0. The molecule has 0 saturated carbocycles. The molecule has 2 aliphatic rings. The van der Waals surface area contributed by atoms with Crippen molar-refractivity contribution in [2.45, 2.75) is 31.8 Å². The minimum absolute atomic E-state index is 0.133. The van der Waals surface area contributed by atoms with Crippen molar-refractivity contribution in [1.29, 1.82) is 0 Å². The zero-order chi connectivity index (χ0) is 13.8. The first-order valence-electron chi connectivity index (χ1n) is 6.20. The van der Waals surface area contributed by atoms with Gasteiger partial charge in [0.2, 0.25) is 5.91 Å². The van der Waals surface area contributed by atoms with Crippen LogP contribution in [0.3, 0.4) is 0 Å². The molecular weight excluding hydrogens is 244 g/mol. The first kappa shape index (κ1) is 11.9. The maximum Gasteiger partial charge on any atom is 0.261 e. The van der Waals surface area contributed by atoms with Crippen LogP contribution in [0.2, 0.25) is 0 Å². The highest BCUT2D eigenvalue weighted by molar-refractivity contribution is 6.21. The van der Waals surface area contributed by atoms with Crippen molar-refractivity contribution in [3.8, 4) is 0 Å². The van der Waals surface area contributed by atoms with E-state index in [0.717, 1.165) is 0 Å². The number of imide groups is 1. The molecule has 1 fully saturated rings. The Morgan fingerprint density at radius 3 is 2.05 bits per heavy atom. The molecule has 3 amide bonds. The van der Waals surface area contributed by atoms with Gasteiger partial charge in [-0.25, -0.2) is 0 Å². The van der Waals surface area contributed by atoms with E-state index in [0.29, 0.717) is 11.1 Å². The molecule has 0 bridgehead atoms. The van der Waals surface area contributed by atoms with Gasteiger partial charge in [-0.2, -0.15) is 0 Å². The molecule has 0 aromatic heterocycles. The van der Waals surface area contributed by atoms with Gasteiger partial charge in [0.05, 0.1) is 22.7 Å². The van der Waals surface area contributed by atoms with Crippen LogP contribution in [-0.2, 0) is 4.79 Å². The lowest BCUT2D eigenvalue weighted by Crippen LogP contribution is -2.53. The molecule has 1 aromatic carbocycles. The van der Waals surface area contributed by atoms with E-state index >= 15 is 0 Å². The normalized spacial score (nSPS) is 24.6. The number of amides is 3. The van der Waals surface area contributed by atoms with Crippen LogP contribution in [0.5, 0.6) is 0 Å². The molecule has 2 aliphatic heterocycles. The van der Waals surface area contributed by atoms with E-state index in [2.05, 4.69) is 5.32 Å². The summed E-state index contributed by atoms with van der Waals surface area (Å²) in [7, 11) is 0. The fourth-order valence-corrected chi connectivity index (χ4v) is 2.83. The van der Waals surface area contributed by atoms with E-state index in [1.807, 2.05) is 13.8 Å². The standard InChI is InChI=1S/C14H14N2O3/c1-14(2)10(7-11(17)15-14)16-12(18)8-5-3-4-6-9(8)13(16)19/h3-6,10H,7H2,1-2H3,(H,15,17). The molecule has 3 rings (SSSR count). The lowest BCUT2D eigenvalue weighted by Gasteiger charge is -2.32. The van der Waals surface area contributed by atoms with Crippen molar-refractivity contribution in [2.75, 3.05) is 0 Å². The summed E-state index contributed by atoms with van der Waals surface area (Å²) in [6, 6.07) is 6.32. The van der Waals surface area contributed by atoms with Gasteiger partial charge in [0.1, 0.15) is 0 Å². The van der Waals surface area contributed by atoms with E-state index in [9.17, 15) is 14.4 Å². The number of rotatable bonds is 1. The third-order valence-corrected chi connectivity index (χ3v) is 3.81. The van der Waals surface area contributed by atoms with Crippen LogP contribution in [0.25, 0.3) is 0 Å². The molecule has 1 atom stereocenters. The number of hydrogen-bond acceptors (Lipinski definition) is 3. The molecule has 2 heterocycles. The zero-order valence-electron chi connectivity index (χ0n) is 10.8. The Morgan fingerprint density at radius 2 is 1.63 bits per heavy atom. The van der Waals surface area contributed by atoms with Gasteiger partial charge in [-0.05, 0) is 26.0 Å². The van der Waals surface area contributed by atoms with E-state index in [1.54, 1.807) is 24.3 Å². The van der Waals surface area contributed by atoms with Gasteiger partial charge < -0.3 is 5.32 Å². The number of fused-ring (bicyclic) bond motifs is 1. The van der Waals surface area contributed by atoms with Gasteiger partial charge in [-0.15, -0.1) is 0 Å². The number of benzene rings is 1. The summed E-state index contributed by atoms with van der Waals surface area (Å²) in [5, 5.41) is 2.80. The molecular formula is C14H14N2O3. The zero-order valence-corrected chi connectivity index (χ0v) is 10.8. The molecule has 98 valence electrons. The van der Waals surface area contributed by atoms with Crippen LogP contribution in [0.15, 0.2) is 24.3 Å². The van der Waals surface area contributed by atoms with Crippen LogP contribution in [0.1, 0.15) is 41.0 Å². The number of nitrogens with one attached hydrogen (secondary N) is 1. The number of carbonyl (C=O) groups excluding carboxylic acids is 3. The predicted molar refractivity (Wildman–Crippen MR) is 67.6 cm³/mol. The molecule has 1 saturated heterocycles. The summed E-state index contributed by atoms with van der Waals surface area (Å²) in [5.41, 5.74) is 0.245. The molecule has 1 N–H and O–H groups in total. The van der Waals surface area contributed by atoms with Crippen molar-refractivity contribution in [2.24, 2.45) is 0 Å². The average molecular weight is 258 g/mol.